The molecule has 0 radical (unpaired) electrons. The third kappa shape index (κ3) is 3.56. The maximum Gasteiger partial charge on any atom is 0.322 e. The number of likely N-dealkylation sites (tertiary alicyclic amines) is 1. The van der Waals surface area contributed by atoms with Crippen LogP contribution in [0.4, 0.5) is 10.5 Å². The molecule has 26 heavy (non-hydrogen) atoms. The van der Waals surface area contributed by atoms with Crippen LogP contribution in [-0.4, -0.2) is 56.2 Å². The summed E-state index contributed by atoms with van der Waals surface area (Å²) >= 11 is 6.30. The van der Waals surface area contributed by atoms with Gasteiger partial charge in [0.25, 0.3) is 0 Å². The fraction of sp³-hybridized carbons (Fsp3) is 0.444. The van der Waals surface area contributed by atoms with Gasteiger partial charge in [-0.05, 0) is 24.5 Å². The number of β-amino-alcohol motifs (C(OH)–C–C–N with tert-alkyl or cyclic N) is 1. The van der Waals surface area contributed by atoms with Gasteiger partial charge in [0.15, 0.2) is 0 Å². The lowest BCUT2D eigenvalue weighted by Gasteiger charge is -2.23. The molecule has 2 amide bonds. The van der Waals surface area contributed by atoms with Gasteiger partial charge in [0, 0.05) is 6.54 Å². The second-order valence-electron chi connectivity index (χ2n) is 6.77. The molecule has 0 spiro atoms. The maximum absolute atomic E-state index is 12.6. The number of benzene rings is 1. The van der Waals surface area contributed by atoms with Crippen molar-refractivity contribution in [2.24, 2.45) is 0 Å². The summed E-state index contributed by atoms with van der Waals surface area (Å²) < 4.78 is 1.73. The highest BCUT2D eigenvalue weighted by molar-refractivity contribution is 6.32. The maximum atomic E-state index is 12.6. The van der Waals surface area contributed by atoms with E-state index in [1.54, 1.807) is 16.9 Å². The molecule has 7 nitrogen and oxygen atoms in total. The molecule has 0 aliphatic carbocycles. The molecule has 8 heteroatoms. The Balaban J connectivity index is 1.89. The summed E-state index contributed by atoms with van der Waals surface area (Å²) in [6, 6.07) is 6.64. The molecule has 140 valence electrons. The van der Waals surface area contributed by atoms with Crippen LogP contribution in [-0.2, 0) is 0 Å². The van der Waals surface area contributed by atoms with Crippen molar-refractivity contribution in [1.82, 2.24) is 14.7 Å². The fourth-order valence-electron chi connectivity index (χ4n) is 3.33. The summed E-state index contributed by atoms with van der Waals surface area (Å²) in [5, 5.41) is 27.0. The van der Waals surface area contributed by atoms with Crippen LogP contribution in [0.3, 0.4) is 0 Å². The van der Waals surface area contributed by atoms with Gasteiger partial charge >= 0.3 is 6.03 Å². The third-order valence-electron chi connectivity index (χ3n) is 4.54. The van der Waals surface area contributed by atoms with Crippen molar-refractivity contribution in [3.8, 4) is 5.69 Å². The van der Waals surface area contributed by atoms with Gasteiger partial charge in [-0.25, -0.2) is 9.48 Å². The first-order chi connectivity index (χ1) is 12.4. The van der Waals surface area contributed by atoms with Crippen molar-refractivity contribution < 1.29 is 15.0 Å². The van der Waals surface area contributed by atoms with Crippen LogP contribution in [0.25, 0.3) is 5.69 Å². The van der Waals surface area contributed by atoms with Gasteiger partial charge in [-0.2, -0.15) is 5.10 Å². The molecule has 1 fully saturated rings. The minimum atomic E-state index is -0.617. The molecular weight excluding hydrogens is 356 g/mol. The zero-order chi connectivity index (χ0) is 18.8. The number of nitrogens with one attached hydrogen (secondary N) is 1. The number of aliphatic hydroxyl groups is 2. The molecule has 0 unspecified atom stereocenters. The predicted octanol–water partition coefficient (Wildman–Crippen LogP) is 2.61. The quantitative estimate of drug-likeness (QED) is 0.762. The van der Waals surface area contributed by atoms with Gasteiger partial charge in [0.2, 0.25) is 0 Å². The normalized spacial score (nSPS) is 20.0. The highest BCUT2D eigenvalue weighted by Gasteiger charge is 2.34. The van der Waals surface area contributed by atoms with Crippen molar-refractivity contribution in [3.63, 3.8) is 0 Å². The molecule has 2 atom stereocenters. The Morgan fingerprint density at radius 3 is 2.81 bits per heavy atom. The fourth-order valence-corrected chi connectivity index (χ4v) is 3.54. The van der Waals surface area contributed by atoms with Crippen LogP contribution in [0.5, 0.6) is 0 Å². The van der Waals surface area contributed by atoms with Crippen LogP contribution in [0.2, 0.25) is 5.02 Å². The molecule has 3 rings (SSSR count). The first-order valence-corrected chi connectivity index (χ1v) is 8.99. The monoisotopic (exact) mass is 378 g/mol. The SMILES string of the molecule is CC(C)c1c(NC(=O)N2C[C@@H](O)C[C@H]2CO)cnn1-c1ccccc1Cl. The van der Waals surface area contributed by atoms with Crippen molar-refractivity contribution in [2.45, 2.75) is 38.3 Å². The van der Waals surface area contributed by atoms with Gasteiger partial charge < -0.3 is 20.4 Å². The van der Waals surface area contributed by atoms with Crippen molar-refractivity contribution >= 4 is 23.3 Å². The molecule has 3 N–H and O–H groups in total. The lowest BCUT2D eigenvalue weighted by Crippen LogP contribution is -2.41. The van der Waals surface area contributed by atoms with E-state index in [9.17, 15) is 15.0 Å². The Bertz CT molecular complexity index is 792. The van der Waals surface area contributed by atoms with E-state index in [1.165, 1.54) is 4.90 Å². The minimum absolute atomic E-state index is 0.0851. The number of aromatic nitrogens is 2. The van der Waals surface area contributed by atoms with Crippen LogP contribution in [0.15, 0.2) is 30.5 Å². The van der Waals surface area contributed by atoms with Crippen molar-refractivity contribution in [1.29, 1.82) is 0 Å². The molecule has 0 bridgehead atoms. The summed E-state index contributed by atoms with van der Waals surface area (Å²) in [4.78, 5) is 14.1. The largest absolute Gasteiger partial charge is 0.394 e. The van der Waals surface area contributed by atoms with Gasteiger partial charge in [-0.1, -0.05) is 37.6 Å². The number of halogens is 1. The first-order valence-electron chi connectivity index (χ1n) is 8.61. The summed E-state index contributed by atoms with van der Waals surface area (Å²) in [6.45, 7) is 4.04. The van der Waals surface area contributed by atoms with Gasteiger partial charge in [0.1, 0.15) is 0 Å². The number of urea groups is 1. The average molecular weight is 379 g/mol. The third-order valence-corrected chi connectivity index (χ3v) is 4.86. The van der Waals surface area contributed by atoms with E-state index in [0.717, 1.165) is 11.4 Å². The minimum Gasteiger partial charge on any atom is -0.394 e. The van der Waals surface area contributed by atoms with Crippen LogP contribution >= 0.6 is 11.6 Å². The Morgan fingerprint density at radius 2 is 2.15 bits per heavy atom. The highest BCUT2D eigenvalue weighted by atomic mass is 35.5. The number of nitrogens with zero attached hydrogens (tertiary/aromatic N) is 3. The molecule has 1 aromatic heterocycles. The molecule has 2 heterocycles. The Kier molecular flexibility index (Phi) is 5.50. The topological polar surface area (TPSA) is 90.6 Å². The molecule has 1 aliphatic rings. The van der Waals surface area contributed by atoms with E-state index >= 15 is 0 Å². The van der Waals surface area contributed by atoms with E-state index in [4.69, 9.17) is 11.6 Å². The van der Waals surface area contributed by atoms with E-state index in [0.29, 0.717) is 17.1 Å². The number of hydrogen-bond acceptors (Lipinski definition) is 4. The van der Waals surface area contributed by atoms with Crippen molar-refractivity contribution in [2.75, 3.05) is 18.5 Å². The number of aliphatic hydroxyl groups excluding tert-OH is 2. The predicted molar refractivity (Wildman–Crippen MR) is 99.9 cm³/mol. The summed E-state index contributed by atoms with van der Waals surface area (Å²) in [6.07, 6.45) is 1.35. The lowest BCUT2D eigenvalue weighted by molar-refractivity contribution is 0.164. The zero-order valence-electron chi connectivity index (χ0n) is 14.8. The molecule has 1 aromatic carbocycles. The molecule has 0 saturated carbocycles. The Hall–Kier alpha value is -2.09. The van der Waals surface area contributed by atoms with E-state index in [-0.39, 0.29) is 31.1 Å². The summed E-state index contributed by atoms with van der Waals surface area (Å²) in [7, 11) is 0. The lowest BCUT2D eigenvalue weighted by atomic mass is 10.1. The smallest absolute Gasteiger partial charge is 0.322 e. The van der Waals surface area contributed by atoms with Gasteiger partial charge in [-0.3, -0.25) is 0 Å². The summed E-state index contributed by atoms with van der Waals surface area (Å²) in [5.74, 6) is 0.0851. The second kappa shape index (κ2) is 7.65. The number of rotatable bonds is 4. The van der Waals surface area contributed by atoms with Crippen LogP contribution < -0.4 is 5.32 Å². The first kappa shape index (κ1) is 18.7. The van der Waals surface area contributed by atoms with E-state index in [1.807, 2.05) is 32.0 Å². The molecule has 2 aromatic rings. The van der Waals surface area contributed by atoms with Crippen molar-refractivity contribution in [3.05, 3.63) is 41.2 Å². The zero-order valence-corrected chi connectivity index (χ0v) is 15.5. The van der Waals surface area contributed by atoms with E-state index < -0.39 is 6.10 Å². The number of para-hydroxylation sites is 1. The number of anilines is 1. The van der Waals surface area contributed by atoms with E-state index in [2.05, 4.69) is 10.4 Å². The standard InChI is InChI=1S/C18H23ClN4O3/c1-11(2)17-15(8-20-23(17)16-6-4-3-5-14(16)19)21-18(26)22-9-13(25)7-12(22)10-24/h3-6,8,11-13,24-25H,7,9-10H2,1-2H3,(H,21,26)/t12-,13-/m0/s1. The highest BCUT2D eigenvalue weighted by Crippen LogP contribution is 2.30. The number of amides is 2. The Labute approximate surface area is 157 Å². The number of carbonyl (C=O) groups excluding carboxylic acids is 1. The molecule has 1 aliphatic heterocycles. The molecule has 1 saturated heterocycles. The summed E-state index contributed by atoms with van der Waals surface area (Å²) in [5.41, 5.74) is 2.15. The van der Waals surface area contributed by atoms with Crippen LogP contribution in [0.1, 0.15) is 31.9 Å². The number of hydrogen-bond donors (Lipinski definition) is 3. The van der Waals surface area contributed by atoms with Gasteiger partial charge in [0.05, 0.1) is 47.0 Å². The number of carbonyl (C=O) groups is 1. The second-order valence-corrected chi connectivity index (χ2v) is 7.18. The molecular formula is C18H23ClN4O3. The van der Waals surface area contributed by atoms with Crippen LogP contribution in [0, 0.1) is 0 Å². The Morgan fingerprint density at radius 1 is 1.42 bits per heavy atom. The van der Waals surface area contributed by atoms with Gasteiger partial charge in [-0.15, -0.1) is 0 Å². The average Bonchev–Trinajstić information content (AvgIpc) is 3.18.